The lowest BCUT2D eigenvalue weighted by molar-refractivity contribution is -0.142. The van der Waals surface area contributed by atoms with Gasteiger partial charge in [0, 0.05) is 5.56 Å². The number of esters is 1. The third-order valence-electron chi connectivity index (χ3n) is 3.97. The van der Waals surface area contributed by atoms with E-state index in [4.69, 9.17) is 4.74 Å². The highest BCUT2D eigenvalue weighted by Crippen LogP contribution is 2.48. The molecule has 1 fully saturated rings. The van der Waals surface area contributed by atoms with Crippen LogP contribution in [0.2, 0.25) is 0 Å². The third kappa shape index (κ3) is 3.47. The molecule has 0 spiro atoms. The standard InChI is InChI=1S/C17H14F4N2O3/c1-8-7-10(18)5-6-11(8)26-15-13(16(24)25-2)12(9-3-4-9)14(22-23-15)17(19,20)21/h5-7,9H,3-4H2,1-2H3. The van der Waals surface area contributed by atoms with E-state index in [-0.39, 0.29) is 11.3 Å². The molecule has 0 amide bonds. The molecular formula is C17H14F4N2O3. The van der Waals surface area contributed by atoms with Crippen molar-refractivity contribution in [3.05, 3.63) is 46.4 Å². The smallest absolute Gasteiger partial charge is 0.435 e. The Morgan fingerprint density at radius 1 is 1.23 bits per heavy atom. The van der Waals surface area contributed by atoms with Gasteiger partial charge in [-0.05, 0) is 49.4 Å². The Kier molecular flexibility index (Phi) is 4.55. The minimum absolute atomic E-state index is 0.146. The number of rotatable bonds is 4. The number of methoxy groups -OCH3 is 1. The van der Waals surface area contributed by atoms with Crippen molar-refractivity contribution in [2.24, 2.45) is 0 Å². The van der Waals surface area contributed by atoms with Crippen molar-refractivity contribution in [2.75, 3.05) is 7.11 Å². The molecular weight excluding hydrogens is 356 g/mol. The van der Waals surface area contributed by atoms with E-state index in [9.17, 15) is 22.4 Å². The molecule has 0 N–H and O–H groups in total. The van der Waals surface area contributed by atoms with Gasteiger partial charge in [-0.15, -0.1) is 10.2 Å². The SMILES string of the molecule is COC(=O)c1c(Oc2ccc(F)cc2C)nnc(C(F)(F)F)c1C1CC1. The molecule has 0 aliphatic heterocycles. The number of ether oxygens (including phenoxy) is 2. The van der Waals surface area contributed by atoms with Crippen LogP contribution in [0.3, 0.4) is 0 Å². The first-order valence-electron chi connectivity index (χ1n) is 7.72. The third-order valence-corrected chi connectivity index (χ3v) is 3.97. The summed E-state index contributed by atoms with van der Waals surface area (Å²) in [5, 5.41) is 6.71. The number of hydrogen-bond acceptors (Lipinski definition) is 5. The summed E-state index contributed by atoms with van der Waals surface area (Å²) in [6.45, 7) is 1.55. The Hall–Kier alpha value is -2.71. The first-order valence-corrected chi connectivity index (χ1v) is 7.72. The van der Waals surface area contributed by atoms with Gasteiger partial charge < -0.3 is 9.47 Å². The topological polar surface area (TPSA) is 61.3 Å². The second kappa shape index (κ2) is 6.54. The van der Waals surface area contributed by atoms with Crippen molar-refractivity contribution < 1.29 is 31.8 Å². The van der Waals surface area contributed by atoms with Gasteiger partial charge in [-0.2, -0.15) is 13.2 Å². The molecule has 1 heterocycles. The number of carbonyl (C=O) groups is 1. The number of carbonyl (C=O) groups excluding carboxylic acids is 1. The summed E-state index contributed by atoms with van der Waals surface area (Å²) in [6, 6.07) is 3.60. The van der Waals surface area contributed by atoms with Crippen LogP contribution in [-0.2, 0) is 10.9 Å². The van der Waals surface area contributed by atoms with E-state index in [1.807, 2.05) is 0 Å². The fourth-order valence-corrected chi connectivity index (χ4v) is 2.61. The Balaban J connectivity index is 2.16. The summed E-state index contributed by atoms with van der Waals surface area (Å²) in [6.07, 6.45) is -3.78. The van der Waals surface area contributed by atoms with E-state index in [1.165, 1.54) is 12.1 Å². The number of aromatic nitrogens is 2. The lowest BCUT2D eigenvalue weighted by atomic mass is 10.0. The Labute approximate surface area is 145 Å². The van der Waals surface area contributed by atoms with Crippen molar-refractivity contribution >= 4 is 5.97 Å². The predicted molar refractivity (Wildman–Crippen MR) is 81.6 cm³/mol. The second-order valence-corrected chi connectivity index (χ2v) is 5.92. The molecule has 3 rings (SSSR count). The zero-order chi connectivity index (χ0) is 19.1. The van der Waals surface area contributed by atoms with Crippen molar-refractivity contribution in [3.63, 3.8) is 0 Å². The summed E-state index contributed by atoms with van der Waals surface area (Å²) in [7, 11) is 1.06. The minimum atomic E-state index is -4.77. The fourth-order valence-electron chi connectivity index (χ4n) is 2.61. The maximum absolute atomic E-state index is 13.3. The molecule has 0 bridgehead atoms. The molecule has 9 heteroatoms. The summed E-state index contributed by atoms with van der Waals surface area (Å²) in [5.74, 6) is -2.22. The number of nitrogens with zero attached hydrogens (tertiary/aromatic N) is 2. The fraction of sp³-hybridized carbons (Fsp3) is 0.353. The van der Waals surface area contributed by atoms with Crippen molar-refractivity contribution in [1.29, 1.82) is 0 Å². The largest absolute Gasteiger partial charge is 0.465 e. The van der Waals surface area contributed by atoms with Gasteiger partial charge in [0.1, 0.15) is 17.1 Å². The average molecular weight is 370 g/mol. The van der Waals surface area contributed by atoms with Crippen molar-refractivity contribution in [1.82, 2.24) is 10.2 Å². The normalized spacial score (nSPS) is 14.2. The molecule has 1 aliphatic carbocycles. The van der Waals surface area contributed by atoms with Crippen LogP contribution in [0.4, 0.5) is 17.6 Å². The monoisotopic (exact) mass is 370 g/mol. The molecule has 1 aromatic carbocycles. The minimum Gasteiger partial charge on any atom is -0.465 e. The molecule has 0 radical (unpaired) electrons. The lowest BCUT2D eigenvalue weighted by Crippen LogP contribution is -2.19. The first kappa shape index (κ1) is 18.1. The highest BCUT2D eigenvalue weighted by Gasteiger charge is 2.44. The summed E-state index contributed by atoms with van der Waals surface area (Å²) >= 11 is 0. The van der Waals surface area contributed by atoms with E-state index in [0.717, 1.165) is 13.2 Å². The van der Waals surface area contributed by atoms with Crippen LogP contribution in [0.25, 0.3) is 0 Å². The van der Waals surface area contributed by atoms with Gasteiger partial charge in [-0.1, -0.05) is 0 Å². The van der Waals surface area contributed by atoms with Gasteiger partial charge in [0.2, 0.25) is 0 Å². The van der Waals surface area contributed by atoms with Gasteiger partial charge in [0.25, 0.3) is 5.88 Å². The summed E-state index contributed by atoms with van der Waals surface area (Å²) < 4.78 is 63.3. The van der Waals surface area contributed by atoms with E-state index in [0.29, 0.717) is 18.4 Å². The van der Waals surface area contributed by atoms with Gasteiger partial charge in [0.05, 0.1) is 7.11 Å². The van der Waals surface area contributed by atoms with Crippen LogP contribution in [-0.4, -0.2) is 23.3 Å². The summed E-state index contributed by atoms with van der Waals surface area (Å²) in [5.41, 5.74) is -1.51. The van der Waals surface area contributed by atoms with Crippen molar-refractivity contribution in [3.8, 4) is 11.6 Å². The van der Waals surface area contributed by atoms with Crippen LogP contribution >= 0.6 is 0 Å². The molecule has 1 aliphatic rings. The zero-order valence-corrected chi connectivity index (χ0v) is 13.9. The van der Waals surface area contributed by atoms with Gasteiger partial charge >= 0.3 is 12.1 Å². The van der Waals surface area contributed by atoms with E-state index in [1.54, 1.807) is 6.92 Å². The average Bonchev–Trinajstić information content (AvgIpc) is 3.40. The first-order chi connectivity index (χ1) is 12.2. The molecule has 2 aromatic rings. The van der Waals surface area contributed by atoms with Crippen LogP contribution in [0.5, 0.6) is 11.6 Å². The van der Waals surface area contributed by atoms with Gasteiger partial charge in [-0.3, -0.25) is 0 Å². The number of benzene rings is 1. The molecule has 0 saturated heterocycles. The molecule has 0 atom stereocenters. The molecule has 26 heavy (non-hydrogen) atoms. The van der Waals surface area contributed by atoms with E-state index in [2.05, 4.69) is 14.9 Å². The van der Waals surface area contributed by atoms with E-state index >= 15 is 0 Å². The number of hydrogen-bond donors (Lipinski definition) is 0. The number of aryl methyl sites for hydroxylation is 1. The summed E-state index contributed by atoms with van der Waals surface area (Å²) in [4.78, 5) is 12.2. The van der Waals surface area contributed by atoms with Crippen LogP contribution in [0, 0.1) is 12.7 Å². The number of halogens is 4. The van der Waals surface area contributed by atoms with Crippen LogP contribution < -0.4 is 4.74 Å². The Bertz CT molecular complexity index is 864. The molecule has 0 unspecified atom stereocenters. The molecule has 138 valence electrons. The lowest BCUT2D eigenvalue weighted by Gasteiger charge is -2.17. The zero-order valence-electron chi connectivity index (χ0n) is 13.9. The molecule has 1 saturated carbocycles. The number of alkyl halides is 3. The highest BCUT2D eigenvalue weighted by molar-refractivity contribution is 5.94. The second-order valence-electron chi connectivity index (χ2n) is 5.92. The maximum atomic E-state index is 13.3. The van der Waals surface area contributed by atoms with Gasteiger partial charge in [0.15, 0.2) is 5.69 Å². The predicted octanol–water partition coefficient (Wildman–Crippen LogP) is 4.40. The highest BCUT2D eigenvalue weighted by atomic mass is 19.4. The Morgan fingerprint density at radius 3 is 2.46 bits per heavy atom. The van der Waals surface area contributed by atoms with Crippen LogP contribution in [0.15, 0.2) is 18.2 Å². The Morgan fingerprint density at radius 2 is 1.92 bits per heavy atom. The molecule has 5 nitrogen and oxygen atoms in total. The maximum Gasteiger partial charge on any atom is 0.435 e. The van der Waals surface area contributed by atoms with Crippen molar-refractivity contribution in [2.45, 2.75) is 31.9 Å². The van der Waals surface area contributed by atoms with Gasteiger partial charge in [-0.25, -0.2) is 9.18 Å². The van der Waals surface area contributed by atoms with E-state index < -0.39 is 41.0 Å². The molecule has 1 aromatic heterocycles. The quantitative estimate of drug-likeness (QED) is 0.590. The van der Waals surface area contributed by atoms with Crippen LogP contribution in [0.1, 0.15) is 45.9 Å².